The first-order chi connectivity index (χ1) is 13.6. The number of thioether (sulfide) groups is 1. The van der Waals surface area contributed by atoms with E-state index in [9.17, 15) is 4.79 Å². The Hall–Kier alpha value is -1.62. The minimum absolute atomic E-state index is 0.0875. The minimum Gasteiger partial charge on any atom is -0.496 e. The molecule has 1 unspecified atom stereocenters. The van der Waals surface area contributed by atoms with E-state index >= 15 is 0 Å². The van der Waals surface area contributed by atoms with Gasteiger partial charge in [-0.25, -0.2) is 14.9 Å². The molecule has 1 aliphatic rings. The molecule has 1 atom stereocenters. The molecule has 1 N–H and O–H groups in total. The summed E-state index contributed by atoms with van der Waals surface area (Å²) in [6.45, 7) is 1.30. The van der Waals surface area contributed by atoms with Crippen LogP contribution in [-0.2, 0) is 17.0 Å². The molecule has 0 amide bonds. The summed E-state index contributed by atoms with van der Waals surface area (Å²) in [5.41, 5.74) is 1.69. The van der Waals surface area contributed by atoms with E-state index in [0.29, 0.717) is 17.5 Å². The molecule has 0 bridgehead atoms. The van der Waals surface area contributed by atoms with Gasteiger partial charge in [-0.3, -0.25) is 4.57 Å². The van der Waals surface area contributed by atoms with Crippen LogP contribution in [0.3, 0.4) is 0 Å². The number of thiazole rings is 1. The smallest absolute Gasteiger partial charge is 0.344 e. The van der Waals surface area contributed by atoms with Crippen LogP contribution in [0, 0.1) is 0 Å². The van der Waals surface area contributed by atoms with Crippen LogP contribution in [0.4, 0.5) is 0 Å². The number of nitrogens with zero attached hydrogens (tertiary/aromatic N) is 3. The fraction of sp³-hybridized carbons (Fsp3) is 0.389. The predicted molar refractivity (Wildman–Crippen MR) is 113 cm³/mol. The van der Waals surface area contributed by atoms with Gasteiger partial charge in [0.1, 0.15) is 10.8 Å². The highest BCUT2D eigenvalue weighted by Crippen LogP contribution is 2.35. The van der Waals surface area contributed by atoms with Gasteiger partial charge in [0.15, 0.2) is 5.16 Å². The highest BCUT2D eigenvalue weighted by molar-refractivity contribution is 9.10. The predicted octanol–water partition coefficient (Wildman–Crippen LogP) is 3.94. The van der Waals surface area contributed by atoms with E-state index < -0.39 is 0 Å². The molecule has 148 valence electrons. The quantitative estimate of drug-likeness (QED) is 0.513. The van der Waals surface area contributed by atoms with Crippen molar-refractivity contribution in [2.45, 2.75) is 36.4 Å². The van der Waals surface area contributed by atoms with Gasteiger partial charge in [0, 0.05) is 22.2 Å². The molecule has 3 aromatic rings. The van der Waals surface area contributed by atoms with Crippen LogP contribution >= 0.6 is 39.0 Å². The van der Waals surface area contributed by atoms with E-state index in [1.54, 1.807) is 23.0 Å². The van der Waals surface area contributed by atoms with Crippen molar-refractivity contribution < 1.29 is 9.47 Å². The summed E-state index contributed by atoms with van der Waals surface area (Å²) in [6.07, 6.45) is 2.11. The molecule has 10 heteroatoms. The third-order valence-corrected chi connectivity index (χ3v) is 6.85. The fourth-order valence-electron chi connectivity index (χ4n) is 3.05. The Balaban J connectivity index is 1.47. The molecule has 1 aliphatic heterocycles. The van der Waals surface area contributed by atoms with E-state index in [2.05, 4.69) is 26.1 Å². The van der Waals surface area contributed by atoms with Gasteiger partial charge < -0.3 is 9.47 Å². The van der Waals surface area contributed by atoms with E-state index in [1.165, 1.54) is 11.8 Å². The summed E-state index contributed by atoms with van der Waals surface area (Å²) in [7, 11) is 1.65. The van der Waals surface area contributed by atoms with E-state index in [4.69, 9.17) is 14.5 Å². The van der Waals surface area contributed by atoms with Gasteiger partial charge >= 0.3 is 5.69 Å². The van der Waals surface area contributed by atoms with Crippen LogP contribution in [0.2, 0.25) is 0 Å². The topological polar surface area (TPSA) is 82.0 Å². The van der Waals surface area contributed by atoms with Crippen molar-refractivity contribution >= 4 is 39.0 Å². The number of H-pyrrole nitrogens is 1. The number of hydrogen-bond acceptors (Lipinski definition) is 7. The molecule has 7 nitrogen and oxygen atoms in total. The number of aromatic amines is 1. The zero-order chi connectivity index (χ0) is 19.5. The lowest BCUT2D eigenvalue weighted by Crippen LogP contribution is -2.24. The molecule has 1 saturated heterocycles. The second-order valence-corrected chi connectivity index (χ2v) is 9.05. The maximum Gasteiger partial charge on any atom is 0.344 e. The third kappa shape index (κ3) is 4.35. The lowest BCUT2D eigenvalue weighted by Gasteiger charge is -2.10. The van der Waals surface area contributed by atoms with Crippen molar-refractivity contribution in [1.29, 1.82) is 0 Å². The SMILES string of the molecule is COc1ccc(Br)cc1-c1nc(CSc2n[nH]c(=O)n2CC2CCCO2)cs1. The molecule has 28 heavy (non-hydrogen) atoms. The van der Waals surface area contributed by atoms with Crippen LogP contribution < -0.4 is 10.4 Å². The lowest BCUT2D eigenvalue weighted by molar-refractivity contribution is 0.0941. The van der Waals surface area contributed by atoms with Gasteiger partial charge in [0.2, 0.25) is 0 Å². The van der Waals surface area contributed by atoms with Crippen molar-refractivity contribution in [2.75, 3.05) is 13.7 Å². The Morgan fingerprint density at radius 2 is 2.39 bits per heavy atom. The number of hydrogen-bond donors (Lipinski definition) is 1. The summed E-state index contributed by atoms with van der Waals surface area (Å²) in [5.74, 6) is 1.41. The van der Waals surface area contributed by atoms with Gasteiger partial charge in [0.25, 0.3) is 0 Å². The Morgan fingerprint density at radius 3 is 3.18 bits per heavy atom. The maximum absolute atomic E-state index is 12.1. The van der Waals surface area contributed by atoms with Crippen molar-refractivity contribution in [3.63, 3.8) is 0 Å². The first-order valence-electron chi connectivity index (χ1n) is 8.82. The van der Waals surface area contributed by atoms with E-state index in [0.717, 1.165) is 45.9 Å². The zero-order valence-corrected chi connectivity index (χ0v) is 18.4. The average Bonchev–Trinajstić information content (AvgIpc) is 3.44. The highest BCUT2D eigenvalue weighted by atomic mass is 79.9. The number of nitrogens with one attached hydrogen (secondary N) is 1. The summed E-state index contributed by atoms with van der Waals surface area (Å²) < 4.78 is 13.7. The van der Waals surface area contributed by atoms with Crippen LogP contribution in [-0.4, -0.2) is 39.6 Å². The number of ether oxygens (including phenoxy) is 2. The monoisotopic (exact) mass is 482 g/mol. The average molecular weight is 483 g/mol. The molecular formula is C18H19BrN4O3S2. The second kappa shape index (κ2) is 8.81. The molecule has 0 spiro atoms. The largest absolute Gasteiger partial charge is 0.496 e. The molecule has 2 aromatic heterocycles. The van der Waals surface area contributed by atoms with Gasteiger partial charge in [-0.1, -0.05) is 27.7 Å². The normalized spacial score (nSPS) is 16.6. The van der Waals surface area contributed by atoms with Gasteiger partial charge in [-0.05, 0) is 31.0 Å². The van der Waals surface area contributed by atoms with Gasteiger partial charge in [-0.15, -0.1) is 16.4 Å². The van der Waals surface area contributed by atoms with Gasteiger partial charge in [0.05, 0.1) is 31.0 Å². The summed E-state index contributed by atoms with van der Waals surface area (Å²) in [4.78, 5) is 16.8. The summed E-state index contributed by atoms with van der Waals surface area (Å²) in [6, 6.07) is 5.86. The first kappa shape index (κ1) is 19.7. The third-order valence-electron chi connectivity index (χ3n) is 4.43. The standard InChI is InChI=1S/C18H19BrN4O3S2/c1-25-15-5-4-11(19)7-14(15)16-20-12(9-27-16)10-28-18-22-21-17(24)23(18)8-13-3-2-6-26-13/h4-5,7,9,13H,2-3,6,8,10H2,1H3,(H,21,24). The number of halogens is 1. The number of methoxy groups -OCH3 is 1. The molecule has 3 heterocycles. The van der Waals surface area contributed by atoms with Crippen LogP contribution in [0.1, 0.15) is 18.5 Å². The van der Waals surface area contributed by atoms with Crippen molar-refractivity contribution in [2.24, 2.45) is 0 Å². The summed E-state index contributed by atoms with van der Waals surface area (Å²) >= 11 is 6.56. The Morgan fingerprint density at radius 1 is 1.50 bits per heavy atom. The molecular weight excluding hydrogens is 464 g/mol. The number of aromatic nitrogens is 4. The molecule has 1 aromatic carbocycles. The number of rotatable bonds is 7. The van der Waals surface area contributed by atoms with Gasteiger partial charge in [-0.2, -0.15) is 0 Å². The van der Waals surface area contributed by atoms with E-state index in [1.807, 2.05) is 23.6 Å². The Kier molecular flexibility index (Phi) is 6.19. The maximum atomic E-state index is 12.1. The van der Waals surface area contributed by atoms with Crippen molar-refractivity contribution in [3.8, 4) is 16.3 Å². The molecule has 0 radical (unpaired) electrons. The molecule has 1 fully saturated rings. The fourth-order valence-corrected chi connectivity index (χ4v) is 5.20. The second-order valence-electron chi connectivity index (χ2n) is 6.33. The lowest BCUT2D eigenvalue weighted by atomic mass is 10.2. The minimum atomic E-state index is -0.198. The number of benzene rings is 1. The van der Waals surface area contributed by atoms with E-state index in [-0.39, 0.29) is 11.8 Å². The van der Waals surface area contributed by atoms with Crippen molar-refractivity contribution in [3.05, 3.63) is 44.2 Å². The van der Waals surface area contributed by atoms with Crippen molar-refractivity contribution in [1.82, 2.24) is 19.7 Å². The van der Waals surface area contributed by atoms with Crippen LogP contribution in [0.15, 0.2) is 38.0 Å². The Bertz CT molecular complexity index is 1010. The molecule has 0 saturated carbocycles. The Labute approximate surface area is 178 Å². The van der Waals surface area contributed by atoms with Crippen LogP contribution in [0.25, 0.3) is 10.6 Å². The summed E-state index contributed by atoms with van der Waals surface area (Å²) in [5, 5.41) is 10.3. The molecule has 4 rings (SSSR count). The zero-order valence-electron chi connectivity index (χ0n) is 15.2. The van der Waals surface area contributed by atoms with Crippen LogP contribution in [0.5, 0.6) is 5.75 Å². The highest BCUT2D eigenvalue weighted by Gasteiger charge is 2.20. The first-order valence-corrected chi connectivity index (χ1v) is 11.5. The molecule has 0 aliphatic carbocycles.